The molecule has 0 saturated heterocycles. The summed E-state index contributed by atoms with van der Waals surface area (Å²) in [7, 11) is 0. The maximum atomic E-state index is 13.1. The number of amides is 2. The van der Waals surface area contributed by atoms with Gasteiger partial charge in [-0.25, -0.2) is 4.79 Å². The fraction of sp³-hybridized carbons (Fsp3) is 0.185. The van der Waals surface area contributed by atoms with Crippen LogP contribution in [0.25, 0.3) is 11.1 Å². The van der Waals surface area contributed by atoms with Crippen LogP contribution in [0.1, 0.15) is 63.8 Å². The molecular weight excluding hydrogens is 444 g/mol. The molecule has 0 aliphatic rings. The third-order valence-corrected chi connectivity index (χ3v) is 5.76. The summed E-state index contributed by atoms with van der Waals surface area (Å²) in [6.07, 6.45) is 0.711. The predicted molar refractivity (Wildman–Crippen MR) is 136 cm³/mol. The molecule has 3 aromatic carbocycles. The van der Waals surface area contributed by atoms with Gasteiger partial charge in [0.15, 0.2) is 0 Å². The number of aromatic carboxylic acids is 1. The van der Waals surface area contributed by atoms with Crippen LogP contribution in [0.3, 0.4) is 0 Å². The van der Waals surface area contributed by atoms with Crippen LogP contribution in [-0.2, 0) is 0 Å². The van der Waals surface area contributed by atoms with Crippen molar-refractivity contribution in [3.05, 3.63) is 89.0 Å². The summed E-state index contributed by atoms with van der Waals surface area (Å²) >= 11 is 0. The standard InChI is InChI=1S/C27H28N4O4/c1-4-27(2,3)31-24(32)17-11-14-20(22(15-17)26(34)35)19-7-5-6-8-21(19)25(33)30-18-12-9-16(10-13-18)23(28)29/h5-15H,4H2,1-3H3,(H3,28,29)(H,30,33)(H,31,32)(H,34,35). The fourth-order valence-corrected chi connectivity index (χ4v) is 3.41. The maximum absolute atomic E-state index is 13.1. The molecule has 0 bridgehead atoms. The van der Waals surface area contributed by atoms with Crippen LogP contribution in [0.4, 0.5) is 5.69 Å². The van der Waals surface area contributed by atoms with Crippen molar-refractivity contribution in [2.24, 2.45) is 5.73 Å². The number of rotatable bonds is 8. The Balaban J connectivity index is 1.97. The van der Waals surface area contributed by atoms with Gasteiger partial charge in [-0.1, -0.05) is 31.2 Å². The molecule has 0 atom stereocenters. The van der Waals surface area contributed by atoms with Crippen molar-refractivity contribution in [3.63, 3.8) is 0 Å². The summed E-state index contributed by atoms with van der Waals surface area (Å²) in [5.74, 6) is -2.09. The minimum absolute atomic E-state index is 0.0789. The molecule has 3 aromatic rings. The van der Waals surface area contributed by atoms with E-state index < -0.39 is 17.4 Å². The molecule has 0 radical (unpaired) electrons. The van der Waals surface area contributed by atoms with Crippen LogP contribution in [0.15, 0.2) is 66.7 Å². The number of anilines is 1. The van der Waals surface area contributed by atoms with E-state index in [0.717, 1.165) is 0 Å². The Morgan fingerprint density at radius 2 is 1.49 bits per heavy atom. The lowest BCUT2D eigenvalue weighted by molar-refractivity contribution is 0.0697. The van der Waals surface area contributed by atoms with Crippen molar-refractivity contribution in [1.29, 1.82) is 5.41 Å². The molecule has 0 spiro atoms. The van der Waals surface area contributed by atoms with E-state index in [1.807, 2.05) is 20.8 Å². The Morgan fingerprint density at radius 3 is 2.09 bits per heavy atom. The molecule has 0 aliphatic carbocycles. The highest BCUT2D eigenvalue weighted by molar-refractivity contribution is 6.11. The van der Waals surface area contributed by atoms with E-state index >= 15 is 0 Å². The summed E-state index contributed by atoms with van der Waals surface area (Å²) in [5.41, 5.74) is 7.21. The average molecular weight is 473 g/mol. The monoisotopic (exact) mass is 472 g/mol. The number of nitrogens with one attached hydrogen (secondary N) is 3. The van der Waals surface area contributed by atoms with Crippen LogP contribution >= 0.6 is 0 Å². The number of nitrogen functional groups attached to an aromatic ring is 1. The van der Waals surface area contributed by atoms with Gasteiger partial charge in [-0.05, 0) is 73.9 Å². The second-order valence-corrected chi connectivity index (χ2v) is 8.75. The molecule has 0 fully saturated rings. The number of carboxylic acid groups (broad SMARTS) is 1. The van der Waals surface area contributed by atoms with Gasteiger partial charge in [-0.15, -0.1) is 0 Å². The minimum atomic E-state index is -1.21. The highest BCUT2D eigenvalue weighted by Crippen LogP contribution is 2.29. The van der Waals surface area contributed by atoms with Gasteiger partial charge in [0.1, 0.15) is 5.84 Å². The molecule has 0 aliphatic heterocycles. The summed E-state index contributed by atoms with van der Waals surface area (Å²) < 4.78 is 0. The van der Waals surface area contributed by atoms with Crippen molar-refractivity contribution in [2.45, 2.75) is 32.7 Å². The Morgan fingerprint density at radius 1 is 0.886 bits per heavy atom. The zero-order chi connectivity index (χ0) is 25.8. The first-order valence-corrected chi connectivity index (χ1v) is 11.1. The molecule has 8 nitrogen and oxygen atoms in total. The summed E-state index contributed by atoms with van der Waals surface area (Å²) in [6.45, 7) is 5.73. The van der Waals surface area contributed by atoms with E-state index in [1.54, 1.807) is 60.7 Å². The lowest BCUT2D eigenvalue weighted by atomic mass is 9.93. The van der Waals surface area contributed by atoms with Gasteiger partial charge < -0.3 is 21.5 Å². The molecule has 0 unspecified atom stereocenters. The molecule has 0 heterocycles. The van der Waals surface area contributed by atoms with E-state index in [-0.39, 0.29) is 28.4 Å². The van der Waals surface area contributed by atoms with Crippen molar-refractivity contribution >= 4 is 29.3 Å². The molecule has 6 N–H and O–H groups in total. The summed E-state index contributed by atoms with van der Waals surface area (Å²) in [5, 5.41) is 23.0. The Hall–Kier alpha value is -4.46. The first kappa shape index (κ1) is 25.2. The number of benzene rings is 3. The van der Waals surface area contributed by atoms with E-state index in [4.69, 9.17) is 11.1 Å². The van der Waals surface area contributed by atoms with Gasteiger partial charge in [0.2, 0.25) is 0 Å². The SMILES string of the molecule is CCC(C)(C)NC(=O)c1ccc(-c2ccccc2C(=O)Nc2ccc(C(=N)N)cc2)c(C(=O)O)c1. The Bertz CT molecular complexity index is 1300. The minimum Gasteiger partial charge on any atom is -0.478 e. The van der Waals surface area contributed by atoms with Crippen LogP contribution in [-0.4, -0.2) is 34.3 Å². The predicted octanol–water partition coefficient (Wildman–Crippen LogP) is 4.51. The number of carbonyl (C=O) groups is 3. The zero-order valence-electron chi connectivity index (χ0n) is 19.8. The summed E-state index contributed by atoms with van der Waals surface area (Å²) in [4.78, 5) is 37.9. The molecular formula is C27H28N4O4. The second-order valence-electron chi connectivity index (χ2n) is 8.75. The number of carbonyl (C=O) groups excluding carboxylic acids is 2. The van der Waals surface area contributed by atoms with E-state index in [0.29, 0.717) is 28.8 Å². The maximum Gasteiger partial charge on any atom is 0.336 e. The number of nitrogens with two attached hydrogens (primary N) is 1. The first-order valence-electron chi connectivity index (χ1n) is 11.1. The van der Waals surface area contributed by atoms with Crippen molar-refractivity contribution in [3.8, 4) is 11.1 Å². The fourth-order valence-electron chi connectivity index (χ4n) is 3.41. The molecule has 35 heavy (non-hydrogen) atoms. The third-order valence-electron chi connectivity index (χ3n) is 5.76. The van der Waals surface area contributed by atoms with Crippen LogP contribution < -0.4 is 16.4 Å². The Kier molecular flexibility index (Phi) is 7.34. The molecule has 8 heteroatoms. The van der Waals surface area contributed by atoms with Crippen molar-refractivity contribution in [1.82, 2.24) is 5.32 Å². The number of hydrogen-bond donors (Lipinski definition) is 5. The zero-order valence-corrected chi connectivity index (χ0v) is 19.8. The molecule has 0 saturated carbocycles. The molecule has 0 aromatic heterocycles. The normalized spacial score (nSPS) is 10.9. The highest BCUT2D eigenvalue weighted by Gasteiger charge is 2.23. The van der Waals surface area contributed by atoms with E-state index in [1.165, 1.54) is 6.07 Å². The van der Waals surface area contributed by atoms with Crippen LogP contribution in [0.2, 0.25) is 0 Å². The van der Waals surface area contributed by atoms with Gasteiger partial charge in [-0.2, -0.15) is 0 Å². The number of hydrogen-bond acceptors (Lipinski definition) is 4. The molecule has 3 rings (SSSR count). The lowest BCUT2D eigenvalue weighted by Crippen LogP contribution is -2.42. The smallest absolute Gasteiger partial charge is 0.336 e. The first-order chi connectivity index (χ1) is 16.5. The van der Waals surface area contributed by atoms with Crippen molar-refractivity contribution in [2.75, 3.05) is 5.32 Å². The van der Waals surface area contributed by atoms with Gasteiger partial charge in [0.25, 0.3) is 11.8 Å². The third kappa shape index (κ3) is 5.92. The quantitative estimate of drug-likeness (QED) is 0.242. The molecule has 180 valence electrons. The van der Waals surface area contributed by atoms with Gasteiger partial charge in [0, 0.05) is 27.9 Å². The van der Waals surface area contributed by atoms with E-state index in [9.17, 15) is 19.5 Å². The topological polar surface area (TPSA) is 145 Å². The van der Waals surface area contributed by atoms with Crippen LogP contribution in [0.5, 0.6) is 0 Å². The average Bonchev–Trinajstić information content (AvgIpc) is 2.83. The summed E-state index contributed by atoms with van der Waals surface area (Å²) in [6, 6.07) is 17.6. The number of carboxylic acids is 1. The van der Waals surface area contributed by atoms with Gasteiger partial charge in [-0.3, -0.25) is 15.0 Å². The number of amidine groups is 1. The van der Waals surface area contributed by atoms with Crippen molar-refractivity contribution < 1.29 is 19.5 Å². The second kappa shape index (κ2) is 10.2. The molecule has 2 amide bonds. The largest absolute Gasteiger partial charge is 0.478 e. The van der Waals surface area contributed by atoms with E-state index in [2.05, 4.69) is 10.6 Å². The van der Waals surface area contributed by atoms with Crippen LogP contribution in [0, 0.1) is 5.41 Å². The Labute approximate surface area is 203 Å². The van der Waals surface area contributed by atoms with Gasteiger partial charge in [0.05, 0.1) is 5.56 Å². The highest BCUT2D eigenvalue weighted by atomic mass is 16.4. The van der Waals surface area contributed by atoms with Gasteiger partial charge >= 0.3 is 5.97 Å². The lowest BCUT2D eigenvalue weighted by Gasteiger charge is -2.24.